The van der Waals surface area contributed by atoms with Crippen molar-refractivity contribution in [2.45, 2.75) is 25.4 Å². The summed E-state index contributed by atoms with van der Waals surface area (Å²) in [5.74, 6) is 0.0982. The van der Waals surface area contributed by atoms with Crippen LogP contribution in [0.1, 0.15) is 28.8 Å². The van der Waals surface area contributed by atoms with Crippen LogP contribution in [-0.2, 0) is 6.54 Å². The molecule has 0 saturated carbocycles. The van der Waals surface area contributed by atoms with Gasteiger partial charge in [-0.3, -0.25) is 4.79 Å². The maximum atomic E-state index is 12.7. The summed E-state index contributed by atoms with van der Waals surface area (Å²) in [6, 6.07) is 16.1. The van der Waals surface area contributed by atoms with E-state index in [9.17, 15) is 4.79 Å². The quantitative estimate of drug-likeness (QED) is 0.589. The Hall–Kier alpha value is -2.18. The molecule has 138 valence electrons. The minimum absolute atomic E-state index is 0.0982. The summed E-state index contributed by atoms with van der Waals surface area (Å²) in [6.07, 6.45) is 2.03. The fraction of sp³-hybridized carbons (Fsp3) is 0.350. The van der Waals surface area contributed by atoms with Crippen LogP contribution < -0.4 is 15.4 Å². The molecular weight excluding hydrogens is 344 g/mol. The molecule has 3 N–H and O–H groups in total. The van der Waals surface area contributed by atoms with Crippen LogP contribution in [0.3, 0.4) is 0 Å². The molecule has 0 spiro atoms. The Morgan fingerprint density at radius 3 is 2.42 bits per heavy atom. The van der Waals surface area contributed by atoms with Crippen LogP contribution in [0.25, 0.3) is 0 Å². The molecule has 0 bridgehead atoms. The van der Waals surface area contributed by atoms with Gasteiger partial charge in [0.25, 0.3) is 5.91 Å². The van der Waals surface area contributed by atoms with Crippen molar-refractivity contribution in [3.05, 3.63) is 59.7 Å². The number of anilines is 2. The smallest absolute Gasteiger partial charge is 0.253 e. The molecular formula is C20H26N4OS. The van der Waals surface area contributed by atoms with E-state index in [1.54, 1.807) is 0 Å². The zero-order chi connectivity index (χ0) is 18.4. The van der Waals surface area contributed by atoms with E-state index in [-0.39, 0.29) is 5.91 Å². The molecule has 1 fully saturated rings. The van der Waals surface area contributed by atoms with Gasteiger partial charge in [0.15, 0.2) is 0 Å². The summed E-state index contributed by atoms with van der Waals surface area (Å²) in [7, 11) is 1.91. The standard InChI is InChI=1S/C20H26N4OS/c1-24(17-10-12-21-13-11-17)20(25)16-8-6-15(7-9-16)14-22-18-4-2-3-5-19(18)23-26/h2-9,17,21-23,26H,10-14H2,1H3. The first kappa shape index (κ1) is 18.6. The lowest BCUT2D eigenvalue weighted by Crippen LogP contribution is -2.43. The number of nitrogens with zero attached hydrogens (tertiary/aromatic N) is 1. The van der Waals surface area contributed by atoms with E-state index >= 15 is 0 Å². The van der Waals surface area contributed by atoms with Gasteiger partial charge in [0.1, 0.15) is 0 Å². The molecule has 0 aromatic heterocycles. The number of carbonyl (C=O) groups is 1. The maximum absolute atomic E-state index is 12.7. The molecule has 0 atom stereocenters. The predicted octanol–water partition coefficient (Wildman–Crippen LogP) is 3.38. The number of benzene rings is 2. The van der Waals surface area contributed by atoms with Gasteiger partial charge in [-0.05, 0) is 55.8 Å². The van der Waals surface area contributed by atoms with E-state index in [4.69, 9.17) is 0 Å². The highest BCUT2D eigenvalue weighted by molar-refractivity contribution is 7.81. The lowest BCUT2D eigenvalue weighted by Gasteiger charge is -2.31. The Labute approximate surface area is 160 Å². The molecule has 0 unspecified atom stereocenters. The van der Waals surface area contributed by atoms with Crippen LogP contribution in [0.2, 0.25) is 0 Å². The van der Waals surface area contributed by atoms with Crippen LogP contribution >= 0.6 is 12.8 Å². The molecule has 1 aliphatic rings. The number of carbonyl (C=O) groups excluding carboxylic acids is 1. The van der Waals surface area contributed by atoms with Gasteiger partial charge >= 0.3 is 0 Å². The van der Waals surface area contributed by atoms with Gasteiger partial charge < -0.3 is 20.3 Å². The molecule has 1 heterocycles. The summed E-state index contributed by atoms with van der Waals surface area (Å²) in [4.78, 5) is 14.6. The van der Waals surface area contributed by atoms with Crippen molar-refractivity contribution in [2.75, 3.05) is 30.2 Å². The van der Waals surface area contributed by atoms with E-state index in [0.717, 1.165) is 48.4 Å². The molecule has 0 radical (unpaired) electrons. The van der Waals surface area contributed by atoms with Gasteiger partial charge in [0.2, 0.25) is 0 Å². The molecule has 6 heteroatoms. The van der Waals surface area contributed by atoms with Crippen LogP contribution in [0.15, 0.2) is 48.5 Å². The van der Waals surface area contributed by atoms with Crippen molar-refractivity contribution < 1.29 is 4.79 Å². The lowest BCUT2D eigenvalue weighted by atomic mass is 10.0. The molecule has 2 aromatic carbocycles. The molecule has 3 rings (SSSR count). The van der Waals surface area contributed by atoms with Crippen LogP contribution in [0.4, 0.5) is 11.4 Å². The molecule has 5 nitrogen and oxygen atoms in total. The largest absolute Gasteiger partial charge is 0.379 e. The van der Waals surface area contributed by atoms with E-state index in [0.29, 0.717) is 12.6 Å². The van der Waals surface area contributed by atoms with E-state index in [2.05, 4.69) is 28.2 Å². The van der Waals surface area contributed by atoms with Gasteiger partial charge in [0, 0.05) is 25.2 Å². The summed E-state index contributed by atoms with van der Waals surface area (Å²) in [5, 5.41) is 6.73. The molecule has 1 amide bonds. The number of hydrogen-bond donors (Lipinski definition) is 4. The average molecular weight is 371 g/mol. The molecule has 1 aliphatic heterocycles. The minimum atomic E-state index is 0.0982. The van der Waals surface area contributed by atoms with Gasteiger partial charge in [-0.15, -0.1) is 0 Å². The first-order chi connectivity index (χ1) is 12.7. The lowest BCUT2D eigenvalue weighted by molar-refractivity contribution is 0.0703. The fourth-order valence-corrected chi connectivity index (χ4v) is 3.46. The number of piperidine rings is 1. The van der Waals surface area contributed by atoms with Crippen molar-refractivity contribution >= 4 is 30.1 Å². The summed E-state index contributed by atoms with van der Waals surface area (Å²) in [6.45, 7) is 2.65. The van der Waals surface area contributed by atoms with Gasteiger partial charge in [-0.25, -0.2) is 0 Å². The third-order valence-electron chi connectivity index (χ3n) is 4.91. The number of hydrogen-bond acceptors (Lipinski definition) is 5. The Morgan fingerprint density at radius 2 is 1.77 bits per heavy atom. The van der Waals surface area contributed by atoms with E-state index in [1.165, 1.54) is 0 Å². The molecule has 1 saturated heterocycles. The number of rotatable bonds is 6. The van der Waals surface area contributed by atoms with Crippen molar-refractivity contribution in [1.29, 1.82) is 0 Å². The highest BCUT2D eigenvalue weighted by Crippen LogP contribution is 2.22. The van der Waals surface area contributed by atoms with E-state index < -0.39 is 0 Å². The Morgan fingerprint density at radius 1 is 1.12 bits per heavy atom. The topological polar surface area (TPSA) is 56.4 Å². The van der Waals surface area contributed by atoms with Crippen molar-refractivity contribution in [2.24, 2.45) is 0 Å². The second-order valence-electron chi connectivity index (χ2n) is 6.61. The number of para-hydroxylation sites is 2. The molecule has 2 aromatic rings. The fourth-order valence-electron chi connectivity index (χ4n) is 3.26. The second-order valence-corrected chi connectivity index (χ2v) is 6.83. The maximum Gasteiger partial charge on any atom is 0.253 e. The first-order valence-electron chi connectivity index (χ1n) is 8.99. The monoisotopic (exact) mass is 370 g/mol. The van der Waals surface area contributed by atoms with Gasteiger partial charge in [-0.2, -0.15) is 0 Å². The highest BCUT2D eigenvalue weighted by Gasteiger charge is 2.22. The normalized spacial score (nSPS) is 14.7. The third-order valence-corrected chi connectivity index (χ3v) is 5.15. The third kappa shape index (κ3) is 4.51. The number of thiol groups is 1. The Balaban J connectivity index is 1.60. The average Bonchev–Trinajstić information content (AvgIpc) is 2.72. The predicted molar refractivity (Wildman–Crippen MR) is 111 cm³/mol. The zero-order valence-electron chi connectivity index (χ0n) is 15.0. The molecule has 0 aliphatic carbocycles. The van der Waals surface area contributed by atoms with Crippen molar-refractivity contribution in [3.8, 4) is 0 Å². The minimum Gasteiger partial charge on any atom is -0.379 e. The number of amides is 1. The second kappa shape index (κ2) is 8.96. The Bertz CT molecular complexity index is 729. The highest BCUT2D eigenvalue weighted by atomic mass is 32.1. The van der Waals surface area contributed by atoms with Crippen LogP contribution in [-0.4, -0.2) is 37.0 Å². The zero-order valence-corrected chi connectivity index (χ0v) is 15.9. The first-order valence-corrected chi connectivity index (χ1v) is 9.43. The van der Waals surface area contributed by atoms with Crippen molar-refractivity contribution in [3.63, 3.8) is 0 Å². The van der Waals surface area contributed by atoms with Gasteiger partial charge in [-0.1, -0.05) is 37.1 Å². The number of nitrogens with one attached hydrogen (secondary N) is 3. The van der Waals surface area contributed by atoms with Crippen molar-refractivity contribution in [1.82, 2.24) is 10.2 Å². The van der Waals surface area contributed by atoms with Gasteiger partial charge in [0.05, 0.1) is 11.4 Å². The summed E-state index contributed by atoms with van der Waals surface area (Å²) in [5.41, 5.74) is 3.80. The molecule has 26 heavy (non-hydrogen) atoms. The van der Waals surface area contributed by atoms with Crippen LogP contribution in [0, 0.1) is 0 Å². The van der Waals surface area contributed by atoms with Crippen LogP contribution in [0.5, 0.6) is 0 Å². The summed E-state index contributed by atoms with van der Waals surface area (Å²) < 4.78 is 2.88. The Kier molecular flexibility index (Phi) is 6.41. The SMILES string of the molecule is CN(C(=O)c1ccc(CNc2ccccc2NS)cc1)C1CCNCC1. The summed E-state index contributed by atoms with van der Waals surface area (Å²) >= 11 is 4.12. The van der Waals surface area contributed by atoms with E-state index in [1.807, 2.05) is 60.5 Å².